The van der Waals surface area contributed by atoms with E-state index in [0.29, 0.717) is 19.8 Å². The quantitative estimate of drug-likeness (QED) is 0.0614. The van der Waals surface area contributed by atoms with Gasteiger partial charge < -0.3 is 35.8 Å². The number of anilines is 1. The van der Waals surface area contributed by atoms with Gasteiger partial charge >= 0.3 is 6.02 Å². The molecule has 14 heteroatoms. The second kappa shape index (κ2) is 12.5. The number of aliphatic hydroxyl groups excluding tert-OH is 3. The average Bonchev–Trinajstić information content (AvgIpc) is 3.60. The summed E-state index contributed by atoms with van der Waals surface area (Å²) in [6, 6.07) is 9.81. The van der Waals surface area contributed by atoms with Crippen molar-refractivity contribution in [1.29, 1.82) is 0 Å². The molecule has 1 saturated carbocycles. The fourth-order valence-corrected chi connectivity index (χ4v) is 4.24. The summed E-state index contributed by atoms with van der Waals surface area (Å²) in [5.74, 6) is 5.36. The molecule has 14 nitrogen and oxygen atoms in total. The Morgan fingerprint density at radius 3 is 2.78 bits per heavy atom. The molecule has 41 heavy (non-hydrogen) atoms. The van der Waals surface area contributed by atoms with Crippen molar-refractivity contribution in [3.05, 3.63) is 48.0 Å². The molecule has 1 saturated heterocycles. The monoisotopic (exact) mass is 565 g/mol. The third kappa shape index (κ3) is 6.72. The fraction of sp³-hybridized carbons (Fsp3) is 0.444. The molecule has 2 fully saturated rings. The van der Waals surface area contributed by atoms with Crippen molar-refractivity contribution in [2.24, 2.45) is 0 Å². The molecule has 0 spiro atoms. The molecule has 5 rings (SSSR count). The van der Waals surface area contributed by atoms with Crippen LogP contribution in [0.25, 0.3) is 11.2 Å². The number of imidazole rings is 1. The maximum Gasteiger partial charge on any atom is 0.442 e. The number of ether oxygens (including phenoxy) is 2. The second-order valence-corrected chi connectivity index (χ2v) is 9.91. The van der Waals surface area contributed by atoms with Gasteiger partial charge in [-0.05, 0) is 30.2 Å². The van der Waals surface area contributed by atoms with E-state index in [1.165, 1.54) is 15.5 Å². The molecule has 0 radical (unpaired) electrons. The number of nitrogens with one attached hydrogen (secondary N) is 2. The molecule has 1 aliphatic heterocycles. The van der Waals surface area contributed by atoms with Gasteiger partial charge in [-0.1, -0.05) is 30.3 Å². The van der Waals surface area contributed by atoms with Crippen LogP contribution in [0, 0.1) is 11.8 Å². The maximum absolute atomic E-state index is 12.5. The number of nitrogen functional groups attached to an aromatic ring is 1. The first kappa shape index (κ1) is 28.2. The third-order valence-electron chi connectivity index (χ3n) is 6.66. The molecule has 2 unspecified atom stereocenters. The van der Waals surface area contributed by atoms with Crippen LogP contribution in [0.5, 0.6) is 0 Å². The molecule has 3 aromatic rings. The fourth-order valence-electron chi connectivity index (χ4n) is 4.24. The number of aromatic nitrogens is 4. The lowest BCUT2D eigenvalue weighted by Crippen LogP contribution is -2.43. The minimum atomic E-state index is -1.43. The van der Waals surface area contributed by atoms with Crippen LogP contribution in [0.15, 0.2) is 36.7 Å². The van der Waals surface area contributed by atoms with Crippen molar-refractivity contribution in [2.75, 3.05) is 32.5 Å². The van der Waals surface area contributed by atoms with E-state index in [-0.39, 0.29) is 41.4 Å². The summed E-state index contributed by atoms with van der Waals surface area (Å²) in [7, 11) is 1.66. The Hall–Kier alpha value is -4.29. The number of aliphatic hydroxyl groups is 3. The van der Waals surface area contributed by atoms with Crippen LogP contribution in [0.2, 0.25) is 0 Å². The first-order valence-electron chi connectivity index (χ1n) is 13.3. The molecule has 2 aromatic heterocycles. The smallest absolute Gasteiger partial charge is 0.442 e. The predicted molar refractivity (Wildman–Crippen MR) is 146 cm³/mol. The highest BCUT2D eigenvalue weighted by atomic mass is 16.6. The van der Waals surface area contributed by atoms with E-state index in [9.17, 15) is 20.1 Å². The molecule has 3 heterocycles. The van der Waals surface area contributed by atoms with Gasteiger partial charge in [-0.15, -0.1) is 0 Å². The molecular weight excluding hydrogens is 532 g/mol. The normalized spacial score (nSPS) is 22.6. The molecule has 216 valence electrons. The van der Waals surface area contributed by atoms with Gasteiger partial charge in [0, 0.05) is 6.04 Å². The molecule has 2 aliphatic rings. The van der Waals surface area contributed by atoms with Crippen LogP contribution in [-0.4, -0.2) is 102 Å². The van der Waals surface area contributed by atoms with Crippen LogP contribution >= 0.6 is 0 Å². The lowest BCUT2D eigenvalue weighted by atomic mass is 10.1. The Balaban J connectivity index is 1.20. The Labute approximate surface area is 235 Å². The number of carbonyl (C=O) groups is 1. The van der Waals surface area contributed by atoms with Crippen LogP contribution < -0.4 is 16.4 Å². The van der Waals surface area contributed by atoms with Crippen LogP contribution in [0.4, 0.5) is 5.82 Å². The number of benzene rings is 1. The number of nitrogens with zero attached hydrogens (tertiary/aromatic N) is 5. The van der Waals surface area contributed by atoms with Crippen molar-refractivity contribution in [2.45, 2.75) is 50.0 Å². The maximum atomic E-state index is 12.5. The first-order chi connectivity index (χ1) is 19.8. The van der Waals surface area contributed by atoms with E-state index in [1.807, 2.05) is 30.3 Å². The summed E-state index contributed by atoms with van der Waals surface area (Å²) in [6.45, 7) is 1.45. The van der Waals surface area contributed by atoms with Crippen molar-refractivity contribution in [1.82, 2.24) is 30.2 Å². The van der Waals surface area contributed by atoms with Crippen molar-refractivity contribution in [3.63, 3.8) is 0 Å². The average molecular weight is 566 g/mol. The van der Waals surface area contributed by atoms with E-state index in [4.69, 9.17) is 15.2 Å². The minimum Gasteiger partial charge on any atom is -0.447 e. The van der Waals surface area contributed by atoms with Gasteiger partial charge in [0.15, 0.2) is 23.8 Å². The van der Waals surface area contributed by atoms with Gasteiger partial charge in [-0.3, -0.25) is 9.36 Å². The number of amidine groups is 1. The van der Waals surface area contributed by atoms with E-state index in [2.05, 4.69) is 37.4 Å². The number of hydrogen-bond donors (Lipinski definition) is 6. The van der Waals surface area contributed by atoms with E-state index in [1.54, 1.807) is 7.05 Å². The Bertz CT molecular complexity index is 1480. The zero-order chi connectivity index (χ0) is 28.9. The number of hydrogen-bond acceptors (Lipinski definition) is 9. The highest BCUT2D eigenvalue weighted by Crippen LogP contribution is 2.33. The topological polar surface area (TPSA) is 193 Å². The number of rotatable bonds is 9. The number of nitrogens with two attached hydrogens (primary N) is 1. The van der Waals surface area contributed by atoms with Crippen LogP contribution in [0.3, 0.4) is 0 Å². The van der Waals surface area contributed by atoms with Gasteiger partial charge in [0.2, 0.25) is 5.82 Å². The van der Waals surface area contributed by atoms with Gasteiger partial charge in [0.1, 0.15) is 30.8 Å². The van der Waals surface area contributed by atoms with Crippen LogP contribution in [0.1, 0.15) is 30.5 Å². The zero-order valence-corrected chi connectivity index (χ0v) is 22.5. The summed E-state index contributed by atoms with van der Waals surface area (Å²) in [5, 5.41) is 37.0. The Morgan fingerprint density at radius 2 is 2.02 bits per heavy atom. The molecule has 1 aromatic carbocycles. The largest absolute Gasteiger partial charge is 0.447 e. The standard InChI is InChI=1S/C27H32N8O6/c1-34(27(39)29-11-13-40-14-16-6-3-2-4-7-16)12-5-8-18-32-23(28)19-24(33-18)35(15-30-19)26-21(37)20(36)22(41-26)25(38)31-17-9-10-17/h2-4,6-7,15,17,20-22,26,36-37H,9-14H2,1H3,(H4,28,29,31,32,33,38,39)/p+1/t20?,21?,22-,26+/m0/s1. The van der Waals surface area contributed by atoms with Crippen molar-refractivity contribution >= 4 is 28.9 Å². The van der Waals surface area contributed by atoms with E-state index in [0.717, 1.165) is 18.4 Å². The SMILES string of the molecule is C[N+](CC#Cc1nc(N)c2ncn([C@@H]3O[C@H](C(=O)NC4CC4)C(O)C3O)c2n1)=C(O)NCCOCc1ccccc1. The molecule has 7 N–H and O–H groups in total. The third-order valence-corrected chi connectivity index (χ3v) is 6.66. The summed E-state index contributed by atoms with van der Waals surface area (Å²) in [4.78, 5) is 25.3. The van der Waals surface area contributed by atoms with Crippen molar-refractivity contribution < 1.29 is 34.2 Å². The zero-order valence-electron chi connectivity index (χ0n) is 22.5. The predicted octanol–water partition coefficient (Wildman–Crippen LogP) is -0.979. The van der Waals surface area contributed by atoms with E-state index >= 15 is 0 Å². The van der Waals surface area contributed by atoms with E-state index < -0.39 is 30.4 Å². The molecule has 0 bridgehead atoms. The number of carbonyl (C=O) groups excluding carboxylic acids is 1. The van der Waals surface area contributed by atoms with Gasteiger partial charge in [-0.25, -0.2) is 24.8 Å². The first-order valence-corrected chi connectivity index (χ1v) is 13.3. The van der Waals surface area contributed by atoms with Crippen LogP contribution in [-0.2, 0) is 20.9 Å². The van der Waals surface area contributed by atoms with Gasteiger partial charge in [0.05, 0.1) is 26.6 Å². The Morgan fingerprint density at radius 1 is 1.24 bits per heavy atom. The molecular formula is C27H33N8O6+. The van der Waals surface area contributed by atoms with Crippen molar-refractivity contribution in [3.8, 4) is 11.8 Å². The summed E-state index contributed by atoms with van der Waals surface area (Å²) < 4.78 is 14.2. The van der Waals surface area contributed by atoms with Gasteiger partial charge in [0.25, 0.3) is 5.91 Å². The molecule has 4 atom stereocenters. The highest BCUT2D eigenvalue weighted by molar-refractivity contribution is 5.83. The molecule has 1 amide bonds. The van der Waals surface area contributed by atoms with Gasteiger partial charge in [-0.2, -0.15) is 0 Å². The summed E-state index contributed by atoms with van der Waals surface area (Å²) in [5.41, 5.74) is 7.63. The lowest BCUT2D eigenvalue weighted by molar-refractivity contribution is -0.495. The Kier molecular flexibility index (Phi) is 8.60. The summed E-state index contributed by atoms with van der Waals surface area (Å²) >= 11 is 0. The lowest BCUT2D eigenvalue weighted by Gasteiger charge is -2.16. The summed E-state index contributed by atoms with van der Waals surface area (Å²) in [6.07, 6.45) is -2.10. The number of amides is 1. The minimum absolute atomic E-state index is 0.0639. The highest BCUT2D eigenvalue weighted by Gasteiger charge is 2.48. The molecule has 1 aliphatic carbocycles. The second-order valence-electron chi connectivity index (χ2n) is 9.91. The number of fused-ring (bicyclic) bond motifs is 1.